The van der Waals surface area contributed by atoms with Gasteiger partial charge in [-0.1, -0.05) is 107 Å². The third kappa shape index (κ3) is 13.9. The average Bonchev–Trinajstić information content (AvgIpc) is 3.37. The maximum atomic E-state index is 12.9. The predicted octanol–water partition coefficient (Wildman–Crippen LogP) is 5.67. The number of nitrogens with zero attached hydrogens (tertiary/aromatic N) is 1. The largest absolute Gasteiger partial charge is 1.00 e. The van der Waals surface area contributed by atoms with Crippen LogP contribution in [0, 0.1) is 6.92 Å². The van der Waals surface area contributed by atoms with Crippen LogP contribution in [-0.4, -0.2) is 19.6 Å². The van der Waals surface area contributed by atoms with Crippen molar-refractivity contribution in [1.82, 2.24) is 0 Å². The minimum Gasteiger partial charge on any atom is -1.00 e. The highest BCUT2D eigenvalue weighted by Crippen LogP contribution is 2.26. The number of carbonyl (C=O) groups is 1. The lowest BCUT2D eigenvalue weighted by Crippen LogP contribution is -3.00. The Morgan fingerprint density at radius 1 is 0.878 bits per heavy atom. The van der Waals surface area contributed by atoms with Crippen molar-refractivity contribution in [3.63, 3.8) is 0 Å². The molecule has 226 valence electrons. The van der Waals surface area contributed by atoms with E-state index in [9.17, 15) is 4.79 Å². The van der Waals surface area contributed by atoms with Gasteiger partial charge in [0.25, 0.3) is 0 Å². The molecule has 3 rings (SSSR count). The van der Waals surface area contributed by atoms with E-state index in [0.717, 1.165) is 35.7 Å². The highest BCUT2D eigenvalue weighted by Gasteiger charge is 2.12. The van der Waals surface area contributed by atoms with Crippen molar-refractivity contribution in [1.29, 1.82) is 0 Å². The average molecular weight is 646 g/mol. The van der Waals surface area contributed by atoms with E-state index in [2.05, 4.69) is 47.6 Å². The summed E-state index contributed by atoms with van der Waals surface area (Å²) in [6.07, 6.45) is 18.2. The van der Waals surface area contributed by atoms with Crippen LogP contribution in [0.4, 0.5) is 5.69 Å². The fourth-order valence-corrected chi connectivity index (χ4v) is 5.51. The van der Waals surface area contributed by atoms with E-state index in [-0.39, 0.29) is 29.3 Å². The highest BCUT2D eigenvalue weighted by molar-refractivity contribution is 7.09. The first-order chi connectivity index (χ1) is 19.6. The summed E-state index contributed by atoms with van der Waals surface area (Å²) in [5.41, 5.74) is 4.99. The Morgan fingerprint density at radius 2 is 1.51 bits per heavy atom. The van der Waals surface area contributed by atoms with Crippen LogP contribution in [0.25, 0.3) is 0 Å². The summed E-state index contributed by atoms with van der Waals surface area (Å²) >= 11 is 1.74. The number of amides is 1. The minimum atomic E-state index is -0.0593. The van der Waals surface area contributed by atoms with Crippen molar-refractivity contribution in [3.05, 3.63) is 70.2 Å². The fourth-order valence-electron chi connectivity index (χ4n) is 4.88. The first-order valence-electron chi connectivity index (χ1n) is 15.2. The molecule has 1 N–H and O–H groups in total. The summed E-state index contributed by atoms with van der Waals surface area (Å²) in [7, 11) is 1.65. The fraction of sp³-hybridized carbons (Fsp3) is 0.529. The number of anilines is 1. The first kappa shape index (κ1) is 34.8. The lowest BCUT2D eigenvalue weighted by molar-refractivity contribution is -0.683. The van der Waals surface area contributed by atoms with Gasteiger partial charge in [0.15, 0.2) is 12.7 Å². The number of aromatic nitrogens is 1. The van der Waals surface area contributed by atoms with Crippen LogP contribution in [0.5, 0.6) is 11.5 Å². The third-order valence-electron chi connectivity index (χ3n) is 7.21. The zero-order valence-electron chi connectivity index (χ0n) is 25.3. The monoisotopic (exact) mass is 644 g/mol. The summed E-state index contributed by atoms with van der Waals surface area (Å²) in [6, 6.07) is 13.8. The number of rotatable bonds is 20. The molecule has 0 aliphatic rings. The number of hydrogen-bond donors (Lipinski definition) is 1. The van der Waals surface area contributed by atoms with E-state index >= 15 is 0 Å². The predicted molar refractivity (Wildman–Crippen MR) is 167 cm³/mol. The van der Waals surface area contributed by atoms with E-state index < -0.39 is 0 Å². The van der Waals surface area contributed by atoms with Gasteiger partial charge in [-0.05, 0) is 31.5 Å². The Morgan fingerprint density at radius 3 is 2.10 bits per heavy atom. The summed E-state index contributed by atoms with van der Waals surface area (Å²) in [5, 5.41) is 3.03. The van der Waals surface area contributed by atoms with Gasteiger partial charge < -0.3 is 31.8 Å². The maximum absolute atomic E-state index is 12.9. The number of thiazole rings is 1. The topological polar surface area (TPSA) is 51.4 Å². The number of methoxy groups -OCH3 is 1. The normalized spacial score (nSPS) is 10.7. The molecule has 1 heterocycles. The lowest BCUT2D eigenvalue weighted by Gasteiger charge is -2.13. The number of halogens is 1. The second-order valence-electron chi connectivity index (χ2n) is 10.8. The van der Waals surface area contributed by atoms with Gasteiger partial charge in [0.05, 0.1) is 25.0 Å². The van der Waals surface area contributed by atoms with Crippen LogP contribution in [0.1, 0.15) is 100.0 Å². The van der Waals surface area contributed by atoms with Gasteiger partial charge in [-0.15, -0.1) is 0 Å². The molecule has 1 amide bonds. The molecule has 3 aromatic rings. The summed E-state index contributed by atoms with van der Waals surface area (Å²) in [5.74, 6) is 1.41. The highest BCUT2D eigenvalue weighted by atomic mass is 79.9. The SMILES string of the molecule is CCCCCCCCCCCCCCOc1cc(OC)ccc1CC(=O)Nc1ccc(C[n+]2csc(C)c2)cc1.[Br-]. The van der Waals surface area contributed by atoms with Crippen LogP contribution >= 0.6 is 11.3 Å². The molecular formula is C34H49BrN2O3S. The zero-order chi connectivity index (χ0) is 28.4. The summed E-state index contributed by atoms with van der Waals surface area (Å²) in [6.45, 7) is 5.86. The molecule has 0 radical (unpaired) electrons. The van der Waals surface area contributed by atoms with E-state index in [1.54, 1.807) is 18.4 Å². The quantitative estimate of drug-likeness (QED) is 0.127. The zero-order valence-corrected chi connectivity index (χ0v) is 27.7. The van der Waals surface area contributed by atoms with E-state index in [4.69, 9.17) is 9.47 Å². The summed E-state index contributed by atoms with van der Waals surface area (Å²) in [4.78, 5) is 14.1. The molecule has 0 aliphatic carbocycles. The molecule has 0 saturated heterocycles. The number of aryl methyl sites for hydroxylation is 1. The van der Waals surface area contributed by atoms with Crippen molar-refractivity contribution in [2.24, 2.45) is 0 Å². The number of hydrogen-bond acceptors (Lipinski definition) is 4. The van der Waals surface area contributed by atoms with Crippen molar-refractivity contribution >= 4 is 22.9 Å². The number of nitrogens with one attached hydrogen (secondary N) is 1. The van der Waals surface area contributed by atoms with Crippen LogP contribution in [-0.2, 0) is 17.8 Å². The molecule has 0 unspecified atom stereocenters. The maximum Gasteiger partial charge on any atom is 0.228 e. The Balaban J connectivity index is 0.00000588. The van der Waals surface area contributed by atoms with Crippen molar-refractivity contribution in [2.45, 2.75) is 104 Å². The van der Waals surface area contributed by atoms with Crippen molar-refractivity contribution in [2.75, 3.05) is 19.0 Å². The molecule has 5 nitrogen and oxygen atoms in total. The van der Waals surface area contributed by atoms with E-state index in [1.807, 2.05) is 30.3 Å². The first-order valence-corrected chi connectivity index (χ1v) is 16.1. The molecule has 0 atom stereocenters. The molecule has 0 aliphatic heterocycles. The second-order valence-corrected chi connectivity index (χ2v) is 11.9. The van der Waals surface area contributed by atoms with Gasteiger partial charge in [0.2, 0.25) is 11.4 Å². The van der Waals surface area contributed by atoms with Crippen molar-refractivity contribution < 1.29 is 35.8 Å². The van der Waals surface area contributed by atoms with Gasteiger partial charge in [-0.2, -0.15) is 4.57 Å². The third-order valence-corrected chi connectivity index (χ3v) is 8.06. The van der Waals surface area contributed by atoms with Gasteiger partial charge in [0, 0.05) is 22.9 Å². The minimum absolute atomic E-state index is 0. The number of benzene rings is 2. The standard InChI is InChI=1S/C34H48N2O3S.BrH/c1-4-5-6-7-8-9-10-11-12-13-14-15-22-39-33-24-32(38-3)21-18-30(33)23-34(37)35-31-19-16-29(17-20-31)26-36-25-28(2)40-27-36;/h16-21,24-25,27H,4-15,22-23,26H2,1-3H3;1H. The number of unbranched alkanes of at least 4 members (excludes halogenated alkanes) is 11. The van der Waals surface area contributed by atoms with Gasteiger partial charge >= 0.3 is 0 Å². The lowest BCUT2D eigenvalue weighted by atomic mass is 10.1. The second kappa shape index (κ2) is 20.5. The van der Waals surface area contributed by atoms with Gasteiger partial charge in [0.1, 0.15) is 11.5 Å². The Hall–Kier alpha value is -2.38. The van der Waals surface area contributed by atoms with Crippen LogP contribution in [0.2, 0.25) is 0 Å². The molecular weight excluding hydrogens is 596 g/mol. The Labute approximate surface area is 262 Å². The Kier molecular flexibility index (Phi) is 17.4. The van der Waals surface area contributed by atoms with E-state index in [0.29, 0.717) is 6.61 Å². The van der Waals surface area contributed by atoms with Gasteiger partial charge in [-0.3, -0.25) is 4.79 Å². The van der Waals surface area contributed by atoms with Crippen molar-refractivity contribution in [3.8, 4) is 11.5 Å². The van der Waals surface area contributed by atoms with E-state index in [1.165, 1.54) is 81.1 Å². The number of carbonyl (C=O) groups excluding carboxylic acids is 1. The molecule has 7 heteroatoms. The summed E-state index contributed by atoms with van der Waals surface area (Å²) < 4.78 is 13.7. The molecule has 2 aromatic carbocycles. The smallest absolute Gasteiger partial charge is 0.228 e. The molecule has 41 heavy (non-hydrogen) atoms. The van der Waals surface area contributed by atoms with Crippen LogP contribution in [0.15, 0.2) is 54.2 Å². The van der Waals surface area contributed by atoms with Crippen LogP contribution in [0.3, 0.4) is 0 Å². The molecule has 0 fully saturated rings. The number of ether oxygens (including phenoxy) is 2. The molecule has 0 bridgehead atoms. The van der Waals surface area contributed by atoms with Crippen LogP contribution < -0.4 is 36.3 Å². The molecule has 0 saturated carbocycles. The molecule has 0 spiro atoms. The Bertz CT molecular complexity index is 1130. The molecule has 1 aromatic heterocycles. The van der Waals surface area contributed by atoms with Gasteiger partial charge in [-0.25, -0.2) is 0 Å².